The number of hydrogen-bond acceptors (Lipinski definition) is 11. The fourth-order valence-corrected chi connectivity index (χ4v) is 12.7. The third-order valence-corrected chi connectivity index (χ3v) is 19.2. The minimum Gasteiger partial charge on any atom is -0.478 e. The first-order valence-electron chi connectivity index (χ1n) is 33.8. The van der Waals surface area contributed by atoms with Crippen molar-refractivity contribution in [1.29, 1.82) is 5.26 Å². The van der Waals surface area contributed by atoms with E-state index in [0.29, 0.717) is 124 Å². The number of amides is 4. The summed E-state index contributed by atoms with van der Waals surface area (Å²) in [6.07, 6.45) is 14.5. The highest BCUT2D eigenvalue weighted by molar-refractivity contribution is 9.10. The number of nitrogens with zero attached hydrogens (tertiary/aromatic N) is 11. The number of benzene rings is 3. The van der Waals surface area contributed by atoms with E-state index in [2.05, 4.69) is 56.0 Å². The molecule has 0 bridgehead atoms. The minimum atomic E-state index is -0.937. The maximum atomic E-state index is 13.4. The molecule has 4 aliphatic rings. The predicted octanol–water partition coefficient (Wildman–Crippen LogP) is 14.5. The van der Waals surface area contributed by atoms with E-state index in [1.807, 2.05) is 103 Å². The SMILES string of the molecule is Cc1c(C(=O)N2CCC(F)CC2)cnc2[nH]ccc12.Cc1c(C(=O)N2CCC(F)CC2)cnc2c1ccn2-c1ccc(C(N)=O)cc1.Cc1c(C(=O)O)cnc2[nH]ccc12.FC1CCNCC1.N#Cc1ccc(Br)cc1.[C-]#[N+]c1ccc(-n2ccc3c(C)c(C(=O)N4CCC(F)CC4)cnc32)cc1. The zero-order chi connectivity index (χ0) is 73.4. The summed E-state index contributed by atoms with van der Waals surface area (Å²) < 4.78 is 56.8. The van der Waals surface area contributed by atoms with Gasteiger partial charge in [0, 0.05) is 132 Å². The van der Waals surface area contributed by atoms with Crippen molar-refractivity contribution < 1.29 is 46.6 Å². The van der Waals surface area contributed by atoms with Crippen LogP contribution < -0.4 is 11.1 Å². The van der Waals surface area contributed by atoms with Crippen molar-refractivity contribution in [3.05, 3.63) is 218 Å². The van der Waals surface area contributed by atoms with Gasteiger partial charge < -0.3 is 50.0 Å². The minimum absolute atomic E-state index is 0.0417. The largest absolute Gasteiger partial charge is 0.478 e. The van der Waals surface area contributed by atoms with Gasteiger partial charge in [-0.25, -0.2) is 47.1 Å². The number of aryl methyl sites for hydroxylation is 4. The van der Waals surface area contributed by atoms with Crippen LogP contribution in [0.15, 0.2) is 151 Å². The molecular formula is C77H78BrF4N15O6. The van der Waals surface area contributed by atoms with Crippen LogP contribution in [0.2, 0.25) is 0 Å². The number of carbonyl (C=O) groups excluding carboxylic acids is 4. The molecule has 11 aromatic rings. The summed E-state index contributed by atoms with van der Waals surface area (Å²) in [5, 5.41) is 23.9. The Morgan fingerprint density at radius 1 is 0.524 bits per heavy atom. The van der Waals surface area contributed by atoms with Gasteiger partial charge in [0.05, 0.1) is 40.5 Å². The van der Waals surface area contributed by atoms with E-state index in [-0.39, 0.29) is 23.3 Å². The number of carboxylic acid groups (broad SMARTS) is 1. The summed E-state index contributed by atoms with van der Waals surface area (Å²) in [7, 11) is 0. The molecule has 0 saturated carbocycles. The fraction of sp³-hybridized carbons (Fsp3) is 0.312. The van der Waals surface area contributed by atoms with E-state index in [1.54, 1.807) is 94.9 Å². The lowest BCUT2D eigenvalue weighted by Gasteiger charge is -2.29. The number of piperidine rings is 4. The molecule has 0 aliphatic carbocycles. The molecule has 4 saturated heterocycles. The molecule has 26 heteroatoms. The molecule has 8 aromatic heterocycles. The Labute approximate surface area is 600 Å². The van der Waals surface area contributed by atoms with Gasteiger partial charge in [-0.05, 0) is 199 Å². The number of nitrogens with one attached hydrogen (secondary N) is 3. The van der Waals surface area contributed by atoms with Crippen molar-refractivity contribution >= 4 is 95.3 Å². The Morgan fingerprint density at radius 3 is 1.26 bits per heavy atom. The smallest absolute Gasteiger partial charge is 0.337 e. The molecule has 0 unspecified atom stereocenters. The monoisotopic (exact) mass is 1460 g/mol. The number of H-pyrrole nitrogens is 2. The van der Waals surface area contributed by atoms with Crippen molar-refractivity contribution in [1.82, 2.24) is 59.1 Å². The maximum absolute atomic E-state index is 13.4. The number of nitrogens with two attached hydrogens (primary N) is 1. The van der Waals surface area contributed by atoms with Crippen LogP contribution >= 0.6 is 15.9 Å². The molecule has 4 fully saturated rings. The highest BCUT2D eigenvalue weighted by Crippen LogP contribution is 2.30. The predicted molar refractivity (Wildman–Crippen MR) is 391 cm³/mol. The number of aromatic carboxylic acids is 1. The van der Waals surface area contributed by atoms with Crippen molar-refractivity contribution in [2.24, 2.45) is 5.73 Å². The lowest BCUT2D eigenvalue weighted by Crippen LogP contribution is -2.39. The number of alkyl halides is 4. The van der Waals surface area contributed by atoms with E-state index < -0.39 is 36.6 Å². The van der Waals surface area contributed by atoms with Crippen molar-refractivity contribution in [2.75, 3.05) is 52.4 Å². The number of likely N-dealkylation sites (tertiary alicyclic amines) is 3. The van der Waals surface area contributed by atoms with Crippen LogP contribution in [0.4, 0.5) is 23.2 Å². The normalized spacial score (nSPS) is 15.0. The van der Waals surface area contributed by atoms with E-state index in [0.717, 1.165) is 95.3 Å². The van der Waals surface area contributed by atoms with E-state index in [9.17, 15) is 41.5 Å². The highest BCUT2D eigenvalue weighted by atomic mass is 79.9. The number of carbonyl (C=O) groups is 5. The summed E-state index contributed by atoms with van der Waals surface area (Å²) in [5.41, 5.74) is 17.2. The summed E-state index contributed by atoms with van der Waals surface area (Å²) in [5.74, 6) is -1.63. The number of rotatable bonds is 7. The second-order valence-electron chi connectivity index (χ2n) is 25.3. The molecule has 0 atom stereocenters. The van der Waals surface area contributed by atoms with Gasteiger partial charge in [-0.2, -0.15) is 5.26 Å². The number of hydrogen-bond donors (Lipinski definition) is 5. The molecule has 6 N–H and O–H groups in total. The summed E-state index contributed by atoms with van der Waals surface area (Å²) in [6, 6.07) is 31.1. The van der Waals surface area contributed by atoms with Crippen molar-refractivity contribution in [3.8, 4) is 17.4 Å². The molecule has 0 radical (unpaired) electrons. The molecule has 3 aromatic carbocycles. The molecule has 0 spiro atoms. The fourth-order valence-electron chi connectivity index (χ4n) is 12.4. The van der Waals surface area contributed by atoms with Crippen LogP contribution in [0.3, 0.4) is 0 Å². The van der Waals surface area contributed by atoms with E-state index in [4.69, 9.17) is 22.7 Å². The molecule has 532 valence electrons. The Kier molecular flexibility index (Phi) is 25.0. The van der Waals surface area contributed by atoms with Crippen LogP contribution in [-0.2, 0) is 0 Å². The summed E-state index contributed by atoms with van der Waals surface area (Å²) in [4.78, 5) is 91.9. The van der Waals surface area contributed by atoms with E-state index >= 15 is 0 Å². The Hall–Kier alpha value is -11.1. The lowest BCUT2D eigenvalue weighted by atomic mass is 10.0. The van der Waals surface area contributed by atoms with Gasteiger partial charge in [-0.1, -0.05) is 28.1 Å². The number of carboxylic acids is 1. The van der Waals surface area contributed by atoms with Gasteiger partial charge in [0.1, 0.15) is 47.3 Å². The average molecular weight is 1470 g/mol. The third-order valence-electron chi connectivity index (χ3n) is 18.7. The lowest BCUT2D eigenvalue weighted by molar-refractivity contribution is 0.0657. The molecule has 12 heterocycles. The van der Waals surface area contributed by atoms with E-state index in [1.165, 1.54) is 6.20 Å². The molecule has 15 rings (SSSR count). The maximum Gasteiger partial charge on any atom is 0.337 e. The topological polar surface area (TPSA) is 274 Å². The Morgan fingerprint density at radius 2 is 0.893 bits per heavy atom. The first-order chi connectivity index (χ1) is 49.6. The number of halogens is 5. The average Bonchev–Trinajstić information content (AvgIpc) is 1.68. The third kappa shape index (κ3) is 18.2. The Balaban J connectivity index is 0.000000141. The first kappa shape index (κ1) is 74.6. The molecular weight excluding hydrogens is 1390 g/mol. The number of fused-ring (bicyclic) bond motifs is 4. The number of primary amides is 1. The second-order valence-corrected chi connectivity index (χ2v) is 26.2. The summed E-state index contributed by atoms with van der Waals surface area (Å²) >= 11 is 3.27. The van der Waals surface area contributed by atoms with Gasteiger partial charge >= 0.3 is 5.97 Å². The number of aromatic nitrogens is 8. The van der Waals surface area contributed by atoms with Gasteiger partial charge in [-0.3, -0.25) is 19.2 Å². The van der Waals surface area contributed by atoms with Crippen molar-refractivity contribution in [3.63, 3.8) is 0 Å². The van der Waals surface area contributed by atoms with Gasteiger partial charge in [0.25, 0.3) is 17.7 Å². The zero-order valence-corrected chi connectivity index (χ0v) is 58.9. The molecule has 103 heavy (non-hydrogen) atoms. The molecule has 4 amide bonds. The van der Waals surface area contributed by atoms with Crippen LogP contribution in [0.25, 0.3) is 60.4 Å². The van der Waals surface area contributed by atoms with Crippen LogP contribution in [0.1, 0.15) is 131 Å². The zero-order valence-electron chi connectivity index (χ0n) is 57.4. The quantitative estimate of drug-likeness (QED) is 0.0736. The van der Waals surface area contributed by atoms with Crippen LogP contribution in [0.5, 0.6) is 0 Å². The van der Waals surface area contributed by atoms with Gasteiger partial charge in [0.2, 0.25) is 5.91 Å². The summed E-state index contributed by atoms with van der Waals surface area (Å²) in [6.45, 7) is 19.1. The Bertz CT molecular complexity index is 4900. The highest BCUT2D eigenvalue weighted by Gasteiger charge is 2.29. The first-order valence-corrected chi connectivity index (χ1v) is 34.6. The van der Waals surface area contributed by atoms with Crippen LogP contribution in [-0.4, -0.2) is 165 Å². The van der Waals surface area contributed by atoms with Crippen LogP contribution in [0, 0.1) is 45.6 Å². The second kappa shape index (κ2) is 34.5. The number of nitriles is 1. The number of pyridine rings is 4. The van der Waals surface area contributed by atoms with Gasteiger partial charge in [0.15, 0.2) is 5.69 Å². The van der Waals surface area contributed by atoms with Crippen molar-refractivity contribution in [2.45, 2.75) is 104 Å². The standard InChI is InChI=1S/C21H21FN4O2.C21H19FN4O.C14H16FN3O.C9H8N2O2.C7H4BrN.C5H10FN/c1-13-17-8-11-26(16-4-2-14(3-5-16)19(23)27)20(17)24-12-18(13)21(28)25-9-6-15(22)7-10-25;1-14-18-9-12-26(17-5-3-16(23-2)4-6-17)20(18)24-13-19(14)21(27)25-10-7-15(22)8-11-25;1-9-11-2-5-16-13(11)17-8-12(9)14(19)18-6-3-10(15)4-7-18;1-5-6-2-3-10-8(6)11-4-7(5)9(12)13;8-7-3-1-6(5-9)2-4-7;6-5-1-3-7-4-2-5/h2-5,8,11-12,15H,6-7,9-10H2,1H3,(H2,23,27);3-6,9,12-13,15H,7-8,10-11H2,1H3;2,5,8,10H,3-4,6-7H2,1H3,(H,16,17);2-4H,1H3,(H,10,11)(H,12,13);1-4H;5,7H,1-4H2. The molecule has 21 nitrogen and oxygen atoms in total. The number of aromatic amines is 2. The van der Waals surface area contributed by atoms with Gasteiger partial charge in [-0.15, -0.1) is 0 Å². The molecule has 4 aliphatic heterocycles.